The average Bonchev–Trinajstić information content (AvgIpc) is 2.99. The average molecular weight is 308 g/mol. The molecule has 2 aromatic carbocycles. The zero-order chi connectivity index (χ0) is 15.4. The van der Waals surface area contributed by atoms with Gasteiger partial charge in [0.05, 0.1) is 12.1 Å². The van der Waals surface area contributed by atoms with Crippen molar-refractivity contribution in [3.05, 3.63) is 71.2 Å². The van der Waals surface area contributed by atoms with Crippen LogP contribution in [0.3, 0.4) is 0 Å². The predicted molar refractivity (Wildman–Crippen MR) is 91.1 cm³/mol. The molecule has 3 aromatic rings. The molecule has 1 aromatic heterocycles. The van der Waals surface area contributed by atoms with Crippen molar-refractivity contribution in [3.8, 4) is 10.6 Å². The summed E-state index contributed by atoms with van der Waals surface area (Å²) in [4.78, 5) is 16.6. The standard InChI is InChI=1S/C18H16N2OS/c1-13-7-9-15(10-8-13)19-17(21)11-16-12-22-18(20-16)14-5-3-2-4-6-14/h2-10,12H,11H2,1H3,(H,19,21). The lowest BCUT2D eigenvalue weighted by atomic mass is 10.2. The number of nitrogens with zero attached hydrogens (tertiary/aromatic N) is 1. The van der Waals surface area contributed by atoms with Gasteiger partial charge in [-0.25, -0.2) is 4.98 Å². The van der Waals surface area contributed by atoms with Crippen molar-refractivity contribution >= 4 is 22.9 Å². The minimum absolute atomic E-state index is 0.0474. The Balaban J connectivity index is 1.65. The SMILES string of the molecule is Cc1ccc(NC(=O)Cc2csc(-c3ccccc3)n2)cc1. The van der Waals surface area contributed by atoms with Crippen molar-refractivity contribution < 1.29 is 4.79 Å². The van der Waals surface area contributed by atoms with Crippen molar-refractivity contribution in [2.45, 2.75) is 13.3 Å². The summed E-state index contributed by atoms with van der Waals surface area (Å²) in [6.07, 6.45) is 0.289. The van der Waals surface area contributed by atoms with E-state index in [0.717, 1.165) is 22.0 Å². The van der Waals surface area contributed by atoms with Gasteiger partial charge in [0.25, 0.3) is 0 Å². The summed E-state index contributed by atoms with van der Waals surface area (Å²) >= 11 is 1.56. The molecule has 0 saturated carbocycles. The highest BCUT2D eigenvalue weighted by molar-refractivity contribution is 7.13. The van der Waals surface area contributed by atoms with Gasteiger partial charge in [0.15, 0.2) is 0 Å². The van der Waals surface area contributed by atoms with E-state index in [9.17, 15) is 4.79 Å². The molecule has 22 heavy (non-hydrogen) atoms. The normalized spacial score (nSPS) is 10.4. The first-order chi connectivity index (χ1) is 10.7. The lowest BCUT2D eigenvalue weighted by molar-refractivity contribution is -0.115. The highest BCUT2D eigenvalue weighted by Gasteiger charge is 2.09. The number of hydrogen-bond donors (Lipinski definition) is 1. The third-order valence-corrected chi connectivity index (χ3v) is 4.19. The molecule has 0 fully saturated rings. The Labute approximate surface area is 133 Å². The number of carbonyl (C=O) groups excluding carboxylic acids is 1. The number of hydrogen-bond acceptors (Lipinski definition) is 3. The highest BCUT2D eigenvalue weighted by Crippen LogP contribution is 2.23. The molecule has 1 heterocycles. The van der Waals surface area contributed by atoms with Crippen LogP contribution in [0.15, 0.2) is 60.0 Å². The van der Waals surface area contributed by atoms with E-state index >= 15 is 0 Å². The number of carbonyl (C=O) groups is 1. The summed E-state index contributed by atoms with van der Waals surface area (Å²) in [5.41, 5.74) is 3.87. The zero-order valence-corrected chi connectivity index (χ0v) is 13.1. The number of anilines is 1. The quantitative estimate of drug-likeness (QED) is 0.781. The van der Waals surface area contributed by atoms with Crippen molar-refractivity contribution in [2.24, 2.45) is 0 Å². The fraction of sp³-hybridized carbons (Fsp3) is 0.111. The molecule has 0 aliphatic carbocycles. The molecule has 0 saturated heterocycles. The van der Waals surface area contributed by atoms with Gasteiger partial charge in [-0.15, -0.1) is 11.3 Å². The molecule has 0 atom stereocenters. The second-order valence-electron chi connectivity index (χ2n) is 5.10. The Bertz CT molecular complexity index is 763. The Morgan fingerprint density at radius 2 is 1.82 bits per heavy atom. The first kappa shape index (κ1) is 14.5. The van der Waals surface area contributed by atoms with Crippen LogP contribution in [0.25, 0.3) is 10.6 Å². The van der Waals surface area contributed by atoms with Gasteiger partial charge < -0.3 is 5.32 Å². The summed E-state index contributed by atoms with van der Waals surface area (Å²) in [6, 6.07) is 17.8. The van der Waals surface area contributed by atoms with Crippen molar-refractivity contribution in [2.75, 3.05) is 5.32 Å². The van der Waals surface area contributed by atoms with Gasteiger partial charge in [0.1, 0.15) is 5.01 Å². The highest BCUT2D eigenvalue weighted by atomic mass is 32.1. The first-order valence-electron chi connectivity index (χ1n) is 7.07. The van der Waals surface area contributed by atoms with Crippen LogP contribution in [-0.4, -0.2) is 10.9 Å². The fourth-order valence-corrected chi connectivity index (χ4v) is 2.93. The maximum absolute atomic E-state index is 12.1. The molecule has 1 amide bonds. The minimum Gasteiger partial charge on any atom is -0.326 e. The summed E-state index contributed by atoms with van der Waals surface area (Å²) in [6.45, 7) is 2.02. The third kappa shape index (κ3) is 3.59. The van der Waals surface area contributed by atoms with E-state index in [0.29, 0.717) is 0 Å². The smallest absolute Gasteiger partial charge is 0.230 e. The van der Waals surface area contributed by atoms with E-state index in [1.54, 1.807) is 11.3 Å². The van der Waals surface area contributed by atoms with Crippen LogP contribution >= 0.6 is 11.3 Å². The Kier molecular flexibility index (Phi) is 4.30. The summed E-state index contributed by atoms with van der Waals surface area (Å²) in [7, 11) is 0. The fourth-order valence-electron chi connectivity index (χ4n) is 2.11. The van der Waals surface area contributed by atoms with Gasteiger partial charge in [0.2, 0.25) is 5.91 Å². The molecular formula is C18H16N2OS. The molecule has 0 radical (unpaired) electrons. The van der Waals surface area contributed by atoms with E-state index in [-0.39, 0.29) is 12.3 Å². The number of rotatable bonds is 4. The van der Waals surface area contributed by atoms with Crippen molar-refractivity contribution in [1.29, 1.82) is 0 Å². The Hall–Kier alpha value is -2.46. The van der Waals surface area contributed by atoms with Crippen LogP contribution in [0.1, 0.15) is 11.3 Å². The van der Waals surface area contributed by atoms with E-state index in [1.807, 2.05) is 66.9 Å². The van der Waals surface area contributed by atoms with Crippen LogP contribution in [0.2, 0.25) is 0 Å². The number of amides is 1. The van der Waals surface area contributed by atoms with Crippen molar-refractivity contribution in [1.82, 2.24) is 4.98 Å². The zero-order valence-electron chi connectivity index (χ0n) is 12.2. The Morgan fingerprint density at radius 3 is 2.55 bits per heavy atom. The third-order valence-electron chi connectivity index (χ3n) is 3.25. The lowest BCUT2D eigenvalue weighted by Gasteiger charge is -2.04. The van der Waals surface area contributed by atoms with E-state index in [1.165, 1.54) is 5.56 Å². The van der Waals surface area contributed by atoms with Gasteiger partial charge in [-0.2, -0.15) is 0 Å². The maximum atomic E-state index is 12.1. The molecule has 1 N–H and O–H groups in total. The number of nitrogens with one attached hydrogen (secondary N) is 1. The summed E-state index contributed by atoms with van der Waals surface area (Å²) < 4.78 is 0. The molecule has 110 valence electrons. The minimum atomic E-state index is -0.0474. The molecular weight excluding hydrogens is 292 g/mol. The van der Waals surface area contributed by atoms with Gasteiger partial charge in [0, 0.05) is 16.6 Å². The van der Waals surface area contributed by atoms with E-state index in [2.05, 4.69) is 10.3 Å². The van der Waals surface area contributed by atoms with E-state index < -0.39 is 0 Å². The van der Waals surface area contributed by atoms with E-state index in [4.69, 9.17) is 0 Å². The number of thiazole rings is 1. The Morgan fingerprint density at radius 1 is 1.09 bits per heavy atom. The molecule has 0 aliphatic rings. The number of benzene rings is 2. The largest absolute Gasteiger partial charge is 0.326 e. The van der Waals surface area contributed by atoms with Gasteiger partial charge >= 0.3 is 0 Å². The topological polar surface area (TPSA) is 42.0 Å². The molecule has 0 spiro atoms. The molecule has 4 heteroatoms. The number of aromatic nitrogens is 1. The molecule has 0 unspecified atom stereocenters. The van der Waals surface area contributed by atoms with Gasteiger partial charge in [-0.1, -0.05) is 48.0 Å². The van der Waals surface area contributed by atoms with Gasteiger partial charge in [-0.05, 0) is 19.1 Å². The first-order valence-corrected chi connectivity index (χ1v) is 7.95. The second kappa shape index (κ2) is 6.54. The molecule has 0 aliphatic heterocycles. The second-order valence-corrected chi connectivity index (χ2v) is 5.96. The molecule has 3 nitrogen and oxygen atoms in total. The van der Waals surface area contributed by atoms with Crippen LogP contribution in [0, 0.1) is 6.92 Å². The monoisotopic (exact) mass is 308 g/mol. The van der Waals surface area contributed by atoms with Crippen LogP contribution in [-0.2, 0) is 11.2 Å². The number of aryl methyl sites for hydroxylation is 1. The molecule has 3 rings (SSSR count). The van der Waals surface area contributed by atoms with Crippen LogP contribution in [0.4, 0.5) is 5.69 Å². The van der Waals surface area contributed by atoms with Crippen molar-refractivity contribution in [3.63, 3.8) is 0 Å². The van der Waals surface area contributed by atoms with Crippen LogP contribution < -0.4 is 5.32 Å². The maximum Gasteiger partial charge on any atom is 0.230 e. The van der Waals surface area contributed by atoms with Crippen LogP contribution in [0.5, 0.6) is 0 Å². The summed E-state index contributed by atoms with van der Waals surface area (Å²) in [5.74, 6) is -0.0474. The van der Waals surface area contributed by atoms with Gasteiger partial charge in [-0.3, -0.25) is 4.79 Å². The summed E-state index contributed by atoms with van der Waals surface area (Å²) in [5, 5.41) is 5.78. The molecule has 0 bridgehead atoms. The predicted octanol–water partition coefficient (Wildman–Crippen LogP) is 4.30. The lowest BCUT2D eigenvalue weighted by Crippen LogP contribution is -2.14.